The van der Waals surface area contributed by atoms with E-state index in [-0.39, 0.29) is 25.1 Å². The first-order valence-electron chi connectivity index (χ1n) is 6.53. The Morgan fingerprint density at radius 3 is 2.72 bits per heavy atom. The predicted octanol–water partition coefficient (Wildman–Crippen LogP) is 2.06. The van der Waals surface area contributed by atoms with Crippen LogP contribution in [0.3, 0.4) is 0 Å². The van der Waals surface area contributed by atoms with Crippen LogP contribution in [0, 0.1) is 5.82 Å². The predicted molar refractivity (Wildman–Crippen MR) is 69.0 cm³/mol. The molecule has 2 rings (SSSR count). The molecule has 1 atom stereocenters. The Balaban J connectivity index is 2.27. The van der Waals surface area contributed by atoms with E-state index in [0.29, 0.717) is 11.3 Å². The number of halogens is 1. The van der Waals surface area contributed by atoms with Gasteiger partial charge in [0.15, 0.2) is 0 Å². The summed E-state index contributed by atoms with van der Waals surface area (Å²) in [7, 11) is 0. The molecule has 0 radical (unpaired) electrons. The molecule has 1 fully saturated rings. The maximum Gasteiger partial charge on any atom is 0.146 e. The van der Waals surface area contributed by atoms with E-state index in [4.69, 9.17) is 5.11 Å². The Labute approximate surface area is 107 Å². The fraction of sp³-hybridized carbons (Fsp3) is 0.571. The Hall–Kier alpha value is -1.13. The van der Waals surface area contributed by atoms with Crippen LogP contribution >= 0.6 is 0 Å². The fourth-order valence-corrected chi connectivity index (χ4v) is 2.57. The van der Waals surface area contributed by atoms with Crippen LogP contribution in [0.4, 0.5) is 10.1 Å². The molecule has 1 aromatic rings. The molecule has 0 spiro atoms. The normalized spacial score (nSPS) is 20.8. The third-order valence-corrected chi connectivity index (χ3v) is 3.59. The van der Waals surface area contributed by atoms with Crippen molar-refractivity contribution in [2.24, 2.45) is 0 Å². The van der Waals surface area contributed by atoms with Gasteiger partial charge in [0.05, 0.1) is 24.9 Å². The molecule has 1 aliphatic rings. The van der Waals surface area contributed by atoms with Gasteiger partial charge in [-0.05, 0) is 30.5 Å². The second-order valence-electron chi connectivity index (χ2n) is 4.82. The Bertz CT molecular complexity index is 397. The third kappa shape index (κ3) is 2.82. The van der Waals surface area contributed by atoms with Gasteiger partial charge in [-0.15, -0.1) is 0 Å². The Morgan fingerprint density at radius 1 is 1.22 bits per heavy atom. The van der Waals surface area contributed by atoms with Gasteiger partial charge in [0, 0.05) is 6.54 Å². The molecule has 1 heterocycles. The van der Waals surface area contributed by atoms with E-state index in [0.717, 1.165) is 32.2 Å². The summed E-state index contributed by atoms with van der Waals surface area (Å²) in [5.74, 6) is -0.318. The molecule has 1 aliphatic heterocycles. The highest BCUT2D eigenvalue weighted by Gasteiger charge is 2.22. The zero-order valence-corrected chi connectivity index (χ0v) is 10.5. The summed E-state index contributed by atoms with van der Waals surface area (Å²) in [6.45, 7) is 0.683. The average Bonchev–Trinajstić information content (AvgIpc) is 2.63. The molecule has 2 N–H and O–H groups in total. The van der Waals surface area contributed by atoms with E-state index in [2.05, 4.69) is 0 Å². The van der Waals surface area contributed by atoms with Crippen LogP contribution in [0.25, 0.3) is 0 Å². The molecule has 1 saturated heterocycles. The monoisotopic (exact) mass is 253 g/mol. The SMILES string of the molecule is OCc1ccc(N2CCCCCC2CO)c(F)c1. The van der Waals surface area contributed by atoms with Crippen molar-refractivity contribution >= 4 is 5.69 Å². The standard InChI is InChI=1S/C14H20FNO2/c15-13-8-11(9-17)5-6-14(13)16-7-3-1-2-4-12(16)10-18/h5-6,8,12,17-18H,1-4,7,9-10H2. The fourth-order valence-electron chi connectivity index (χ4n) is 2.57. The summed E-state index contributed by atoms with van der Waals surface area (Å²) in [4.78, 5) is 1.96. The number of aliphatic hydroxyl groups excluding tert-OH is 2. The maximum atomic E-state index is 14.0. The highest BCUT2D eigenvalue weighted by atomic mass is 19.1. The first kappa shape index (κ1) is 13.3. The van der Waals surface area contributed by atoms with E-state index in [1.807, 2.05) is 4.90 Å². The Kier molecular flexibility index (Phi) is 4.55. The van der Waals surface area contributed by atoms with Crippen molar-refractivity contribution in [2.75, 3.05) is 18.1 Å². The van der Waals surface area contributed by atoms with E-state index in [9.17, 15) is 9.50 Å². The van der Waals surface area contributed by atoms with Crippen LogP contribution in [-0.4, -0.2) is 29.4 Å². The van der Waals surface area contributed by atoms with Crippen LogP contribution in [-0.2, 0) is 6.61 Å². The lowest BCUT2D eigenvalue weighted by Gasteiger charge is -2.31. The number of hydrogen-bond donors (Lipinski definition) is 2. The highest BCUT2D eigenvalue weighted by Crippen LogP contribution is 2.27. The summed E-state index contributed by atoms with van der Waals surface area (Å²) in [6.07, 6.45) is 4.14. The van der Waals surface area contributed by atoms with Gasteiger partial charge >= 0.3 is 0 Å². The lowest BCUT2D eigenvalue weighted by molar-refractivity contribution is 0.254. The zero-order valence-electron chi connectivity index (χ0n) is 10.5. The largest absolute Gasteiger partial charge is 0.394 e. The molecule has 1 unspecified atom stereocenters. The molecule has 0 amide bonds. The second kappa shape index (κ2) is 6.16. The lowest BCUT2D eigenvalue weighted by Crippen LogP contribution is -2.38. The van der Waals surface area contributed by atoms with Crippen molar-refractivity contribution in [3.05, 3.63) is 29.6 Å². The number of rotatable bonds is 3. The molecule has 100 valence electrons. The van der Waals surface area contributed by atoms with Gasteiger partial charge in [-0.25, -0.2) is 4.39 Å². The van der Waals surface area contributed by atoms with Gasteiger partial charge in [0.1, 0.15) is 5.82 Å². The van der Waals surface area contributed by atoms with E-state index in [1.54, 1.807) is 12.1 Å². The summed E-state index contributed by atoms with van der Waals surface area (Å²) in [5.41, 5.74) is 1.11. The number of anilines is 1. The van der Waals surface area contributed by atoms with Crippen LogP contribution in [0.5, 0.6) is 0 Å². The minimum absolute atomic E-state index is 0.00183. The number of hydrogen-bond acceptors (Lipinski definition) is 3. The minimum atomic E-state index is -0.318. The second-order valence-corrected chi connectivity index (χ2v) is 4.82. The molecule has 1 aromatic carbocycles. The van der Waals surface area contributed by atoms with Gasteiger partial charge in [-0.2, -0.15) is 0 Å². The first-order valence-corrected chi connectivity index (χ1v) is 6.53. The summed E-state index contributed by atoms with van der Waals surface area (Å²) in [6, 6.07) is 4.81. The quantitative estimate of drug-likeness (QED) is 0.866. The molecule has 18 heavy (non-hydrogen) atoms. The van der Waals surface area contributed by atoms with E-state index in [1.165, 1.54) is 6.07 Å². The van der Waals surface area contributed by atoms with Crippen molar-refractivity contribution in [3.63, 3.8) is 0 Å². The van der Waals surface area contributed by atoms with Crippen molar-refractivity contribution in [3.8, 4) is 0 Å². The molecule has 0 saturated carbocycles. The molecular formula is C14H20FNO2. The summed E-state index contributed by atoms with van der Waals surface area (Å²) in [5, 5.41) is 18.4. The van der Waals surface area contributed by atoms with Gasteiger partial charge in [-0.1, -0.05) is 18.9 Å². The lowest BCUT2D eigenvalue weighted by atomic mass is 10.1. The average molecular weight is 253 g/mol. The summed E-state index contributed by atoms with van der Waals surface area (Å²) < 4.78 is 14.0. The van der Waals surface area contributed by atoms with Gasteiger partial charge in [0.2, 0.25) is 0 Å². The van der Waals surface area contributed by atoms with Crippen molar-refractivity contribution in [2.45, 2.75) is 38.3 Å². The Morgan fingerprint density at radius 2 is 2.06 bits per heavy atom. The number of aliphatic hydroxyl groups is 2. The first-order chi connectivity index (χ1) is 8.76. The summed E-state index contributed by atoms with van der Waals surface area (Å²) >= 11 is 0. The van der Waals surface area contributed by atoms with E-state index < -0.39 is 0 Å². The zero-order chi connectivity index (χ0) is 13.0. The van der Waals surface area contributed by atoms with Crippen LogP contribution in [0.1, 0.15) is 31.2 Å². The molecule has 0 bridgehead atoms. The number of benzene rings is 1. The molecule has 0 aliphatic carbocycles. The topological polar surface area (TPSA) is 43.7 Å². The molecular weight excluding hydrogens is 233 g/mol. The van der Waals surface area contributed by atoms with Crippen LogP contribution in [0.15, 0.2) is 18.2 Å². The molecule has 3 nitrogen and oxygen atoms in total. The number of nitrogens with zero attached hydrogens (tertiary/aromatic N) is 1. The van der Waals surface area contributed by atoms with Gasteiger partial charge in [0.25, 0.3) is 0 Å². The minimum Gasteiger partial charge on any atom is -0.394 e. The van der Waals surface area contributed by atoms with Crippen molar-refractivity contribution < 1.29 is 14.6 Å². The van der Waals surface area contributed by atoms with Gasteiger partial charge < -0.3 is 15.1 Å². The smallest absolute Gasteiger partial charge is 0.146 e. The highest BCUT2D eigenvalue weighted by molar-refractivity contribution is 5.50. The maximum absolute atomic E-state index is 14.0. The van der Waals surface area contributed by atoms with Crippen molar-refractivity contribution in [1.29, 1.82) is 0 Å². The van der Waals surface area contributed by atoms with E-state index >= 15 is 0 Å². The third-order valence-electron chi connectivity index (χ3n) is 3.59. The van der Waals surface area contributed by atoms with Crippen LogP contribution in [0.2, 0.25) is 0 Å². The molecule has 0 aromatic heterocycles. The van der Waals surface area contributed by atoms with Gasteiger partial charge in [-0.3, -0.25) is 0 Å². The van der Waals surface area contributed by atoms with Crippen molar-refractivity contribution in [1.82, 2.24) is 0 Å². The van der Waals surface area contributed by atoms with Crippen LogP contribution < -0.4 is 4.90 Å². The molecule has 4 heteroatoms.